The fraction of sp³-hybridized carbons (Fsp3) is 0.500. The molecule has 0 bridgehead atoms. The van der Waals surface area contributed by atoms with E-state index in [-0.39, 0.29) is 12.4 Å². The average Bonchev–Trinajstić information content (AvgIpc) is 3.16. The Balaban J connectivity index is 0.00000192. The van der Waals surface area contributed by atoms with Gasteiger partial charge in [-0.2, -0.15) is 0 Å². The minimum absolute atomic E-state index is 0. The summed E-state index contributed by atoms with van der Waals surface area (Å²) in [5, 5.41) is 0. The largest absolute Gasteiger partial charge is 0.338 e. The molecule has 150 valence electrons. The summed E-state index contributed by atoms with van der Waals surface area (Å²) in [5.74, 6) is 0. The van der Waals surface area contributed by atoms with Crippen molar-refractivity contribution >= 4 is 35.5 Å². The molecule has 1 saturated heterocycles. The number of hydrogen-bond acceptors (Lipinski definition) is 3. The van der Waals surface area contributed by atoms with Crippen LogP contribution in [0, 0.1) is 5.41 Å². The van der Waals surface area contributed by atoms with Crippen LogP contribution in [0.1, 0.15) is 45.4 Å². The number of likely N-dealkylation sites (tertiary alicyclic amines) is 1. The molecule has 1 aliphatic carbocycles. The van der Waals surface area contributed by atoms with Crippen LogP contribution < -0.4 is 4.90 Å². The normalized spacial score (nSPS) is 21.7. The van der Waals surface area contributed by atoms with E-state index in [9.17, 15) is 0 Å². The number of rotatable bonds is 3. The third-order valence-electron chi connectivity index (χ3n) is 7.13. The lowest BCUT2D eigenvalue weighted by Crippen LogP contribution is -2.47. The zero-order valence-electron chi connectivity index (χ0n) is 16.8. The Kier molecular flexibility index (Phi) is 5.96. The standard InChI is InChI=1S/C24H30N2S.ClH/c1-19(25-16-14-24(15-17-25)12-6-7-13-24)18-26-20-8-2-4-10-22(20)27-23-11-5-3-9-21(23)26;/h2-5,8-11,19H,6-7,12-18H2,1H3;1H. The van der Waals surface area contributed by atoms with Gasteiger partial charge in [0.1, 0.15) is 0 Å². The number of nitrogens with zero attached hydrogens (tertiary/aromatic N) is 2. The van der Waals surface area contributed by atoms with Gasteiger partial charge in [0.05, 0.1) is 11.4 Å². The van der Waals surface area contributed by atoms with Crippen LogP contribution in [0.4, 0.5) is 11.4 Å². The summed E-state index contributed by atoms with van der Waals surface area (Å²) in [6.45, 7) is 6.07. The van der Waals surface area contributed by atoms with E-state index in [1.54, 1.807) is 0 Å². The molecule has 5 rings (SSSR count). The molecule has 4 heteroatoms. The first kappa shape index (κ1) is 20.1. The summed E-state index contributed by atoms with van der Waals surface area (Å²) in [7, 11) is 0. The molecule has 0 amide bonds. The van der Waals surface area contributed by atoms with Crippen molar-refractivity contribution in [1.29, 1.82) is 0 Å². The van der Waals surface area contributed by atoms with Gasteiger partial charge in [-0.3, -0.25) is 4.90 Å². The van der Waals surface area contributed by atoms with Crippen molar-refractivity contribution in [3.05, 3.63) is 48.5 Å². The molecule has 2 fully saturated rings. The van der Waals surface area contributed by atoms with Crippen molar-refractivity contribution in [2.45, 2.75) is 61.3 Å². The summed E-state index contributed by atoms with van der Waals surface area (Å²) in [6, 6.07) is 18.3. The minimum Gasteiger partial charge on any atom is -0.338 e. The Morgan fingerprint density at radius 1 is 0.857 bits per heavy atom. The maximum Gasteiger partial charge on any atom is 0.0553 e. The quantitative estimate of drug-likeness (QED) is 0.548. The van der Waals surface area contributed by atoms with E-state index in [4.69, 9.17) is 0 Å². The second kappa shape index (κ2) is 8.30. The third-order valence-corrected chi connectivity index (χ3v) is 8.26. The summed E-state index contributed by atoms with van der Waals surface area (Å²) >= 11 is 1.91. The number of halogens is 1. The van der Waals surface area contributed by atoms with Gasteiger partial charge in [0.15, 0.2) is 0 Å². The first-order chi connectivity index (χ1) is 13.2. The van der Waals surface area contributed by atoms with Gasteiger partial charge in [-0.15, -0.1) is 12.4 Å². The number of benzene rings is 2. The van der Waals surface area contributed by atoms with Gasteiger partial charge in [0, 0.05) is 22.4 Å². The molecule has 2 aliphatic heterocycles. The first-order valence-electron chi connectivity index (χ1n) is 10.6. The Morgan fingerprint density at radius 3 is 1.96 bits per heavy atom. The number of fused-ring (bicyclic) bond motifs is 2. The maximum atomic E-state index is 2.75. The van der Waals surface area contributed by atoms with Gasteiger partial charge in [-0.25, -0.2) is 0 Å². The van der Waals surface area contributed by atoms with Crippen LogP contribution in [0.15, 0.2) is 58.3 Å². The molecule has 1 saturated carbocycles. The Bertz CT molecular complexity index is 762. The summed E-state index contributed by atoms with van der Waals surface area (Å²) < 4.78 is 0. The van der Waals surface area contributed by atoms with Gasteiger partial charge in [0.2, 0.25) is 0 Å². The minimum atomic E-state index is 0. The van der Waals surface area contributed by atoms with E-state index >= 15 is 0 Å². The second-order valence-corrected chi connectivity index (χ2v) is 9.82. The monoisotopic (exact) mass is 414 g/mol. The van der Waals surface area contributed by atoms with Crippen LogP contribution in [0.3, 0.4) is 0 Å². The molecule has 0 aromatic heterocycles. The molecule has 1 unspecified atom stereocenters. The van der Waals surface area contributed by atoms with Crippen LogP contribution in [0.25, 0.3) is 0 Å². The Hall–Kier alpha value is -1.16. The molecular formula is C24H31ClN2S. The highest BCUT2D eigenvalue weighted by molar-refractivity contribution is 7.99. The number of para-hydroxylation sites is 2. The van der Waals surface area contributed by atoms with E-state index in [2.05, 4.69) is 65.3 Å². The summed E-state index contributed by atoms with van der Waals surface area (Å²) in [6.07, 6.45) is 8.74. The van der Waals surface area contributed by atoms with E-state index in [1.807, 2.05) is 11.8 Å². The molecule has 0 N–H and O–H groups in total. The fourth-order valence-electron chi connectivity index (χ4n) is 5.42. The topological polar surface area (TPSA) is 6.48 Å². The van der Waals surface area contributed by atoms with Gasteiger partial charge in [-0.1, -0.05) is 48.9 Å². The number of hydrogen-bond donors (Lipinski definition) is 0. The zero-order valence-corrected chi connectivity index (χ0v) is 18.4. The van der Waals surface area contributed by atoms with Crippen LogP contribution in [0.2, 0.25) is 0 Å². The summed E-state index contributed by atoms with van der Waals surface area (Å²) in [4.78, 5) is 8.07. The lowest BCUT2D eigenvalue weighted by Gasteiger charge is -2.44. The van der Waals surface area contributed by atoms with Crippen molar-refractivity contribution in [1.82, 2.24) is 4.90 Å². The lowest BCUT2D eigenvalue weighted by atomic mass is 9.77. The molecule has 2 aromatic rings. The summed E-state index contributed by atoms with van der Waals surface area (Å²) in [5.41, 5.74) is 3.45. The smallest absolute Gasteiger partial charge is 0.0553 e. The molecule has 0 radical (unpaired) electrons. The fourth-order valence-corrected chi connectivity index (χ4v) is 6.52. The Labute approximate surface area is 180 Å². The Morgan fingerprint density at radius 2 is 1.39 bits per heavy atom. The molecule has 2 nitrogen and oxygen atoms in total. The third kappa shape index (κ3) is 3.69. The van der Waals surface area contributed by atoms with Crippen LogP contribution >= 0.6 is 24.2 Å². The highest BCUT2D eigenvalue weighted by Gasteiger charge is 2.38. The molecule has 2 aromatic carbocycles. The van der Waals surface area contributed by atoms with Gasteiger partial charge in [-0.05, 0) is 75.4 Å². The molecule has 1 spiro atoms. The molecular weight excluding hydrogens is 384 g/mol. The number of anilines is 2. The highest BCUT2D eigenvalue weighted by atomic mass is 35.5. The van der Waals surface area contributed by atoms with E-state index in [0.29, 0.717) is 11.5 Å². The van der Waals surface area contributed by atoms with Crippen LogP contribution in [-0.4, -0.2) is 30.6 Å². The second-order valence-electron chi connectivity index (χ2n) is 8.74. The molecule has 3 aliphatic rings. The van der Waals surface area contributed by atoms with Crippen molar-refractivity contribution in [3.8, 4) is 0 Å². The van der Waals surface area contributed by atoms with Gasteiger partial charge in [0.25, 0.3) is 0 Å². The average molecular weight is 415 g/mol. The van der Waals surface area contributed by atoms with E-state index in [1.165, 1.54) is 72.8 Å². The number of piperidine rings is 1. The van der Waals surface area contributed by atoms with Crippen LogP contribution in [0.5, 0.6) is 0 Å². The zero-order chi connectivity index (χ0) is 18.3. The molecule has 1 atom stereocenters. The predicted octanol–water partition coefficient (Wildman–Crippen LogP) is 6.76. The van der Waals surface area contributed by atoms with E-state index < -0.39 is 0 Å². The van der Waals surface area contributed by atoms with Crippen LogP contribution in [-0.2, 0) is 0 Å². The SMILES string of the molecule is CC(CN1c2ccccc2Sc2ccccc21)N1CCC2(CCCC2)CC1.Cl. The van der Waals surface area contributed by atoms with Crippen molar-refractivity contribution in [3.63, 3.8) is 0 Å². The van der Waals surface area contributed by atoms with Gasteiger partial charge >= 0.3 is 0 Å². The molecule has 2 heterocycles. The highest BCUT2D eigenvalue weighted by Crippen LogP contribution is 2.49. The van der Waals surface area contributed by atoms with Gasteiger partial charge < -0.3 is 4.90 Å². The molecule has 28 heavy (non-hydrogen) atoms. The van der Waals surface area contributed by atoms with Crippen molar-refractivity contribution < 1.29 is 0 Å². The van der Waals surface area contributed by atoms with E-state index in [0.717, 1.165) is 6.54 Å². The van der Waals surface area contributed by atoms with Crippen molar-refractivity contribution in [2.24, 2.45) is 5.41 Å². The maximum absolute atomic E-state index is 2.75. The first-order valence-corrected chi connectivity index (χ1v) is 11.4. The van der Waals surface area contributed by atoms with Crippen molar-refractivity contribution in [2.75, 3.05) is 24.5 Å². The predicted molar refractivity (Wildman–Crippen MR) is 122 cm³/mol. The lowest BCUT2D eigenvalue weighted by molar-refractivity contribution is 0.0839.